The summed E-state index contributed by atoms with van der Waals surface area (Å²) >= 11 is 0. The normalized spacial score (nSPS) is 9.89. The van der Waals surface area contributed by atoms with Gasteiger partial charge in [0.05, 0.1) is 0 Å². The Morgan fingerprint density at radius 1 is 1.11 bits per heavy atom. The highest BCUT2D eigenvalue weighted by atomic mass is 16.4. The fourth-order valence-corrected chi connectivity index (χ4v) is 1.46. The van der Waals surface area contributed by atoms with Crippen molar-refractivity contribution in [3.63, 3.8) is 0 Å². The van der Waals surface area contributed by atoms with Crippen LogP contribution in [0, 0.1) is 0 Å². The monoisotopic (exact) mass is 259 g/mol. The number of hydrogen-bond donors (Lipinski definition) is 2. The number of unbranched alkanes of at least 4 members (excludes halogenated alkanes) is 1. The maximum Gasteiger partial charge on any atom is 0.323 e. The lowest BCUT2D eigenvalue weighted by Crippen LogP contribution is -2.48. The number of urea groups is 1. The molecule has 0 saturated heterocycles. The van der Waals surface area contributed by atoms with Gasteiger partial charge < -0.3 is 20.6 Å². The van der Waals surface area contributed by atoms with E-state index in [1.165, 1.54) is 9.80 Å². The molecular formula is C11H21N3O4. The average molecular weight is 259 g/mol. The van der Waals surface area contributed by atoms with Gasteiger partial charge in [-0.15, -0.1) is 0 Å². The largest absolute Gasteiger partial charge is 0.480 e. The molecule has 0 radical (unpaired) electrons. The average Bonchev–Trinajstić information content (AvgIpc) is 2.29. The van der Waals surface area contributed by atoms with Gasteiger partial charge in [-0.05, 0) is 13.3 Å². The number of carboxylic acid groups (broad SMARTS) is 1. The summed E-state index contributed by atoms with van der Waals surface area (Å²) in [5.41, 5.74) is 5.08. The number of carboxylic acids is 1. The first-order valence-corrected chi connectivity index (χ1v) is 5.96. The molecule has 0 aliphatic rings. The summed E-state index contributed by atoms with van der Waals surface area (Å²) < 4.78 is 0. The van der Waals surface area contributed by atoms with Crippen molar-refractivity contribution in [1.82, 2.24) is 9.80 Å². The Bertz CT molecular complexity index is 307. The van der Waals surface area contributed by atoms with E-state index < -0.39 is 17.9 Å². The first-order valence-electron chi connectivity index (χ1n) is 5.96. The number of primary amides is 1. The molecule has 0 unspecified atom stereocenters. The smallest absolute Gasteiger partial charge is 0.323 e. The third-order valence-corrected chi connectivity index (χ3v) is 2.38. The molecule has 0 aromatic rings. The first-order chi connectivity index (χ1) is 8.42. The zero-order valence-electron chi connectivity index (χ0n) is 10.9. The number of nitrogens with zero attached hydrogens (tertiary/aromatic N) is 2. The van der Waals surface area contributed by atoms with Crippen molar-refractivity contribution in [3.05, 3.63) is 0 Å². The Morgan fingerprint density at radius 3 is 2.11 bits per heavy atom. The summed E-state index contributed by atoms with van der Waals surface area (Å²) in [6, 6.07) is -0.466. The van der Waals surface area contributed by atoms with Crippen LogP contribution in [0.25, 0.3) is 0 Å². The first kappa shape index (κ1) is 16.2. The molecule has 3 amide bonds. The zero-order valence-corrected chi connectivity index (χ0v) is 10.9. The highest BCUT2D eigenvalue weighted by Crippen LogP contribution is 2.02. The molecule has 0 rings (SSSR count). The van der Waals surface area contributed by atoms with E-state index in [0.717, 1.165) is 12.8 Å². The van der Waals surface area contributed by atoms with Crippen molar-refractivity contribution < 1.29 is 19.5 Å². The predicted molar refractivity (Wildman–Crippen MR) is 66.0 cm³/mol. The third kappa shape index (κ3) is 6.07. The summed E-state index contributed by atoms with van der Waals surface area (Å²) in [6.07, 6.45) is 1.61. The van der Waals surface area contributed by atoms with Crippen molar-refractivity contribution >= 4 is 17.9 Å². The maximum absolute atomic E-state index is 12.0. The van der Waals surface area contributed by atoms with E-state index in [1.54, 1.807) is 6.92 Å². The second kappa shape index (κ2) is 8.32. The molecule has 3 N–H and O–H groups in total. The zero-order chi connectivity index (χ0) is 14.1. The SMILES string of the molecule is CCCCN(CC(N)=O)C(=O)N(CC)CC(=O)O. The Kier molecular flexibility index (Phi) is 7.50. The number of carbonyl (C=O) groups excluding carboxylic acids is 2. The maximum atomic E-state index is 12.0. The molecule has 0 aliphatic heterocycles. The van der Waals surface area contributed by atoms with E-state index in [2.05, 4.69) is 0 Å². The van der Waals surface area contributed by atoms with Crippen LogP contribution in [0.5, 0.6) is 0 Å². The molecule has 0 aliphatic carbocycles. The van der Waals surface area contributed by atoms with Gasteiger partial charge in [0.25, 0.3) is 0 Å². The molecule has 0 saturated carbocycles. The van der Waals surface area contributed by atoms with Crippen LogP contribution in [-0.4, -0.2) is 59.0 Å². The molecule has 0 heterocycles. The van der Waals surface area contributed by atoms with Gasteiger partial charge in [0.15, 0.2) is 0 Å². The van der Waals surface area contributed by atoms with Crippen LogP contribution in [0.15, 0.2) is 0 Å². The molecule has 0 atom stereocenters. The van der Waals surface area contributed by atoms with Crippen LogP contribution in [0.3, 0.4) is 0 Å². The van der Waals surface area contributed by atoms with E-state index in [1.807, 2.05) is 6.92 Å². The van der Waals surface area contributed by atoms with Crippen LogP contribution in [0.4, 0.5) is 4.79 Å². The number of amides is 3. The number of nitrogens with two attached hydrogens (primary N) is 1. The van der Waals surface area contributed by atoms with Gasteiger partial charge in [-0.3, -0.25) is 9.59 Å². The highest BCUT2D eigenvalue weighted by Gasteiger charge is 2.22. The highest BCUT2D eigenvalue weighted by molar-refractivity contribution is 5.84. The molecule has 104 valence electrons. The number of rotatable bonds is 8. The molecular weight excluding hydrogens is 238 g/mol. The second-order valence-electron chi connectivity index (χ2n) is 3.93. The minimum atomic E-state index is -1.08. The lowest BCUT2D eigenvalue weighted by Gasteiger charge is -2.28. The van der Waals surface area contributed by atoms with Crippen LogP contribution in [-0.2, 0) is 9.59 Å². The molecule has 0 aromatic heterocycles. The molecule has 0 fully saturated rings. The Balaban J connectivity index is 4.67. The number of aliphatic carboxylic acids is 1. The topological polar surface area (TPSA) is 104 Å². The van der Waals surface area contributed by atoms with Crippen molar-refractivity contribution in [1.29, 1.82) is 0 Å². The third-order valence-electron chi connectivity index (χ3n) is 2.38. The number of hydrogen-bond acceptors (Lipinski definition) is 3. The fourth-order valence-electron chi connectivity index (χ4n) is 1.46. The molecule has 0 aromatic carbocycles. The van der Waals surface area contributed by atoms with E-state index in [0.29, 0.717) is 6.54 Å². The van der Waals surface area contributed by atoms with Crippen LogP contribution < -0.4 is 5.73 Å². The second-order valence-corrected chi connectivity index (χ2v) is 3.93. The summed E-state index contributed by atoms with van der Waals surface area (Å²) in [6.45, 7) is 3.75. The Morgan fingerprint density at radius 2 is 1.72 bits per heavy atom. The fraction of sp³-hybridized carbons (Fsp3) is 0.727. The summed E-state index contributed by atoms with van der Waals surface area (Å²) in [7, 11) is 0. The molecule has 18 heavy (non-hydrogen) atoms. The van der Waals surface area contributed by atoms with Gasteiger partial charge in [0, 0.05) is 13.1 Å². The van der Waals surface area contributed by atoms with Gasteiger partial charge in [-0.2, -0.15) is 0 Å². The van der Waals surface area contributed by atoms with Crippen LogP contribution >= 0.6 is 0 Å². The minimum absolute atomic E-state index is 0.186. The van der Waals surface area contributed by atoms with Crippen molar-refractivity contribution in [2.45, 2.75) is 26.7 Å². The van der Waals surface area contributed by atoms with Crippen LogP contribution in [0.1, 0.15) is 26.7 Å². The predicted octanol–water partition coefficient (Wildman–Crippen LogP) is 0.100. The summed E-state index contributed by atoms with van der Waals surface area (Å²) in [5, 5.41) is 8.70. The van der Waals surface area contributed by atoms with Gasteiger partial charge >= 0.3 is 12.0 Å². The van der Waals surface area contributed by atoms with Crippen LogP contribution in [0.2, 0.25) is 0 Å². The molecule has 7 heteroatoms. The summed E-state index contributed by atoms with van der Waals surface area (Å²) in [5.74, 6) is -1.69. The minimum Gasteiger partial charge on any atom is -0.480 e. The standard InChI is InChI=1S/C11H21N3O4/c1-3-5-6-14(7-9(12)15)11(18)13(4-2)8-10(16)17/h3-8H2,1-2H3,(H2,12,15)(H,16,17). The lowest BCUT2D eigenvalue weighted by atomic mass is 10.3. The van der Waals surface area contributed by atoms with Crippen molar-refractivity contribution in [2.24, 2.45) is 5.73 Å². The molecule has 0 bridgehead atoms. The molecule has 7 nitrogen and oxygen atoms in total. The van der Waals surface area contributed by atoms with Gasteiger partial charge in [0.1, 0.15) is 13.1 Å². The van der Waals surface area contributed by atoms with Crippen molar-refractivity contribution in [3.8, 4) is 0 Å². The number of carbonyl (C=O) groups is 3. The number of likely N-dealkylation sites (N-methyl/N-ethyl adjacent to an activating group) is 1. The van der Waals surface area contributed by atoms with Gasteiger partial charge in [-0.25, -0.2) is 4.79 Å². The van der Waals surface area contributed by atoms with Crippen molar-refractivity contribution in [2.75, 3.05) is 26.2 Å². The van der Waals surface area contributed by atoms with Gasteiger partial charge in [0.2, 0.25) is 5.91 Å². The van der Waals surface area contributed by atoms with E-state index >= 15 is 0 Å². The van der Waals surface area contributed by atoms with Gasteiger partial charge in [-0.1, -0.05) is 13.3 Å². The summed E-state index contributed by atoms with van der Waals surface area (Å²) in [4.78, 5) is 36.0. The lowest BCUT2D eigenvalue weighted by molar-refractivity contribution is -0.137. The quantitative estimate of drug-likeness (QED) is 0.645. The van der Waals surface area contributed by atoms with E-state index in [9.17, 15) is 14.4 Å². The van der Waals surface area contributed by atoms with E-state index in [-0.39, 0.29) is 19.6 Å². The Labute approximate surface area is 107 Å². The Hall–Kier alpha value is -1.79. The molecule has 0 spiro atoms. The van der Waals surface area contributed by atoms with E-state index in [4.69, 9.17) is 10.8 Å².